The van der Waals surface area contributed by atoms with E-state index in [1.165, 1.54) is 0 Å². The van der Waals surface area contributed by atoms with Crippen LogP contribution in [0, 0.1) is 0 Å². The summed E-state index contributed by atoms with van der Waals surface area (Å²) in [6.45, 7) is 0.423. The molecule has 7 nitrogen and oxygen atoms in total. The molecule has 1 fully saturated rings. The maximum atomic E-state index is 13.0. The second-order valence-corrected chi connectivity index (χ2v) is 8.21. The number of nitrogens with zero attached hydrogens (tertiary/aromatic N) is 3. The van der Waals surface area contributed by atoms with Crippen molar-refractivity contribution in [2.75, 3.05) is 6.54 Å². The van der Waals surface area contributed by atoms with Crippen LogP contribution in [0.5, 0.6) is 0 Å². The number of H-pyrrole nitrogens is 1. The fourth-order valence-electron chi connectivity index (χ4n) is 3.94. The fraction of sp³-hybridized carbons (Fsp3) is 0.238. The Morgan fingerprint density at radius 2 is 1.86 bits per heavy atom. The molecule has 0 saturated carbocycles. The van der Waals surface area contributed by atoms with Crippen LogP contribution in [0.4, 0.5) is 0 Å². The summed E-state index contributed by atoms with van der Waals surface area (Å²) in [7, 11) is 0. The molecule has 29 heavy (non-hydrogen) atoms. The van der Waals surface area contributed by atoms with Crippen molar-refractivity contribution >= 4 is 38.2 Å². The van der Waals surface area contributed by atoms with Gasteiger partial charge < -0.3 is 4.90 Å². The van der Waals surface area contributed by atoms with E-state index in [1.807, 2.05) is 24.3 Å². The molecule has 1 N–H and O–H groups in total. The number of nitrogens with one attached hydrogen (secondary N) is 1. The summed E-state index contributed by atoms with van der Waals surface area (Å²) in [5.41, 5.74) is 0.184. The molecule has 2 aromatic heterocycles. The predicted octanol–water partition coefficient (Wildman–Crippen LogP) is 2.66. The molecule has 0 bridgehead atoms. The van der Waals surface area contributed by atoms with Crippen LogP contribution in [-0.2, 0) is 11.3 Å². The zero-order chi connectivity index (χ0) is 20.0. The van der Waals surface area contributed by atoms with E-state index in [0.717, 1.165) is 32.7 Å². The average molecular weight is 406 g/mol. The number of amides is 1. The molecule has 146 valence electrons. The molecule has 1 aliphatic rings. The molecule has 1 amide bonds. The summed E-state index contributed by atoms with van der Waals surface area (Å²) in [4.78, 5) is 44.5. The van der Waals surface area contributed by atoms with Gasteiger partial charge in [0, 0.05) is 6.54 Å². The molecular formula is C21H18N4O3S. The number of aromatic nitrogens is 3. The van der Waals surface area contributed by atoms with Crippen molar-refractivity contribution in [1.82, 2.24) is 19.7 Å². The molecule has 8 heteroatoms. The van der Waals surface area contributed by atoms with E-state index in [1.54, 1.807) is 40.5 Å². The number of para-hydroxylation sites is 1. The first kappa shape index (κ1) is 17.8. The van der Waals surface area contributed by atoms with Crippen LogP contribution in [0.2, 0.25) is 0 Å². The maximum absolute atomic E-state index is 13.0. The Bertz CT molecular complexity index is 1320. The number of likely N-dealkylation sites (tertiary alicyclic amines) is 1. The standard InChI is InChI=1S/C21H18N4O3S/c26-18(12-25-21(28)14-7-2-1-6-13(14)19(27)23-25)24-11-5-9-16(24)20-22-15-8-3-4-10-17(15)29-20/h1-4,6-8,10,16H,5,9,11-12H2,(H,23,27)/t16-/m1/s1. The molecule has 1 atom stereocenters. The van der Waals surface area contributed by atoms with Gasteiger partial charge in [-0.25, -0.2) is 9.67 Å². The number of hydrogen-bond acceptors (Lipinski definition) is 5. The second kappa shape index (κ2) is 6.97. The van der Waals surface area contributed by atoms with Gasteiger partial charge in [0.1, 0.15) is 11.6 Å². The van der Waals surface area contributed by atoms with E-state index in [4.69, 9.17) is 4.98 Å². The summed E-state index contributed by atoms with van der Waals surface area (Å²) in [5.74, 6) is -0.195. The van der Waals surface area contributed by atoms with Crippen molar-refractivity contribution in [3.63, 3.8) is 0 Å². The van der Waals surface area contributed by atoms with Gasteiger partial charge in [-0.3, -0.25) is 19.5 Å². The quantitative estimate of drug-likeness (QED) is 0.567. The zero-order valence-corrected chi connectivity index (χ0v) is 16.3. The molecule has 4 aromatic rings. The Labute approximate surface area is 169 Å². The molecule has 1 saturated heterocycles. The summed E-state index contributed by atoms with van der Waals surface area (Å²) >= 11 is 1.60. The largest absolute Gasteiger partial charge is 0.332 e. The number of fused-ring (bicyclic) bond motifs is 2. The average Bonchev–Trinajstić information content (AvgIpc) is 3.38. The Hall–Kier alpha value is -3.26. The minimum absolute atomic E-state index is 0.0946. The van der Waals surface area contributed by atoms with Gasteiger partial charge in [-0.1, -0.05) is 24.3 Å². The highest BCUT2D eigenvalue weighted by Crippen LogP contribution is 2.36. The number of hydrogen-bond donors (Lipinski definition) is 1. The lowest BCUT2D eigenvalue weighted by Crippen LogP contribution is -2.39. The van der Waals surface area contributed by atoms with E-state index in [2.05, 4.69) is 5.10 Å². The van der Waals surface area contributed by atoms with Crippen molar-refractivity contribution in [2.24, 2.45) is 0 Å². The lowest BCUT2D eigenvalue weighted by Gasteiger charge is -2.23. The SMILES string of the molecule is O=C(Cn1[nH]c(=O)c2ccccc2c1=O)N1CCC[C@@H]1c1nc2ccccc2s1. The lowest BCUT2D eigenvalue weighted by atomic mass is 10.2. The van der Waals surface area contributed by atoms with Crippen LogP contribution >= 0.6 is 11.3 Å². The van der Waals surface area contributed by atoms with Gasteiger partial charge in [0.2, 0.25) is 5.91 Å². The fourth-order valence-corrected chi connectivity index (χ4v) is 5.05. The third kappa shape index (κ3) is 3.05. The number of benzene rings is 2. The summed E-state index contributed by atoms with van der Waals surface area (Å²) in [6, 6.07) is 14.4. The van der Waals surface area contributed by atoms with Gasteiger partial charge >= 0.3 is 0 Å². The van der Waals surface area contributed by atoms with Gasteiger partial charge in [0.25, 0.3) is 11.1 Å². The van der Waals surface area contributed by atoms with Gasteiger partial charge in [0.05, 0.1) is 27.0 Å². The highest BCUT2D eigenvalue weighted by atomic mass is 32.1. The lowest BCUT2D eigenvalue weighted by molar-refractivity contribution is -0.133. The smallest absolute Gasteiger partial charge is 0.273 e. The Balaban J connectivity index is 1.46. The highest BCUT2D eigenvalue weighted by Gasteiger charge is 2.32. The van der Waals surface area contributed by atoms with E-state index in [-0.39, 0.29) is 29.6 Å². The number of carbonyl (C=O) groups excluding carboxylic acids is 1. The first-order chi connectivity index (χ1) is 14.1. The molecule has 1 aliphatic heterocycles. The second-order valence-electron chi connectivity index (χ2n) is 7.14. The van der Waals surface area contributed by atoms with Crippen LogP contribution in [0.3, 0.4) is 0 Å². The van der Waals surface area contributed by atoms with Crippen molar-refractivity contribution < 1.29 is 4.79 Å². The molecule has 0 radical (unpaired) electrons. The van der Waals surface area contributed by atoms with Gasteiger partial charge in [-0.2, -0.15) is 0 Å². The Kier molecular flexibility index (Phi) is 4.28. The minimum Gasteiger partial charge on any atom is -0.332 e. The topological polar surface area (TPSA) is 88.1 Å². The molecule has 2 aromatic carbocycles. The number of aromatic amines is 1. The van der Waals surface area contributed by atoms with E-state index >= 15 is 0 Å². The van der Waals surface area contributed by atoms with Crippen LogP contribution in [-0.4, -0.2) is 32.1 Å². The molecule has 0 aliphatic carbocycles. The number of carbonyl (C=O) groups is 1. The van der Waals surface area contributed by atoms with Crippen molar-refractivity contribution in [1.29, 1.82) is 0 Å². The summed E-state index contributed by atoms with van der Waals surface area (Å²) in [5, 5.41) is 4.09. The van der Waals surface area contributed by atoms with E-state index < -0.39 is 0 Å². The first-order valence-electron chi connectivity index (χ1n) is 9.48. The van der Waals surface area contributed by atoms with Crippen LogP contribution in [0.15, 0.2) is 58.1 Å². The Morgan fingerprint density at radius 3 is 2.69 bits per heavy atom. The van der Waals surface area contributed by atoms with Gasteiger partial charge in [0.15, 0.2) is 0 Å². The molecule has 0 spiro atoms. The van der Waals surface area contributed by atoms with Crippen molar-refractivity contribution in [2.45, 2.75) is 25.4 Å². The summed E-state index contributed by atoms with van der Waals surface area (Å²) in [6.07, 6.45) is 1.73. The zero-order valence-electron chi connectivity index (χ0n) is 15.5. The number of rotatable bonds is 3. The van der Waals surface area contributed by atoms with Gasteiger partial charge in [-0.15, -0.1) is 11.3 Å². The molecular weight excluding hydrogens is 388 g/mol. The van der Waals surface area contributed by atoms with E-state index in [9.17, 15) is 14.4 Å². The molecule has 0 unspecified atom stereocenters. The number of thiazole rings is 1. The van der Waals surface area contributed by atoms with E-state index in [0.29, 0.717) is 17.3 Å². The summed E-state index contributed by atoms with van der Waals surface area (Å²) < 4.78 is 2.21. The van der Waals surface area contributed by atoms with Crippen LogP contribution in [0.1, 0.15) is 23.9 Å². The van der Waals surface area contributed by atoms with Crippen LogP contribution in [0.25, 0.3) is 21.0 Å². The Morgan fingerprint density at radius 1 is 1.10 bits per heavy atom. The third-order valence-electron chi connectivity index (χ3n) is 5.35. The molecule has 5 rings (SSSR count). The van der Waals surface area contributed by atoms with Gasteiger partial charge in [-0.05, 0) is 37.1 Å². The van der Waals surface area contributed by atoms with Crippen LogP contribution < -0.4 is 11.1 Å². The maximum Gasteiger partial charge on any atom is 0.273 e. The molecule has 3 heterocycles. The third-order valence-corrected chi connectivity index (χ3v) is 6.48. The van der Waals surface area contributed by atoms with Crippen molar-refractivity contribution in [3.05, 3.63) is 74.2 Å². The van der Waals surface area contributed by atoms with Crippen molar-refractivity contribution in [3.8, 4) is 0 Å². The monoisotopic (exact) mass is 406 g/mol. The normalized spacial score (nSPS) is 16.7. The minimum atomic E-state index is -0.378. The highest BCUT2D eigenvalue weighted by molar-refractivity contribution is 7.18. The first-order valence-corrected chi connectivity index (χ1v) is 10.3. The predicted molar refractivity (Wildman–Crippen MR) is 112 cm³/mol.